The molecule has 10 amide bonds. The van der Waals surface area contributed by atoms with Gasteiger partial charge >= 0.3 is 30.0 Å². The van der Waals surface area contributed by atoms with Gasteiger partial charge in [0.1, 0.15) is 39.7 Å². The molecule has 0 bridgehead atoms. The predicted molar refractivity (Wildman–Crippen MR) is 344 cm³/mol. The van der Waals surface area contributed by atoms with Crippen molar-refractivity contribution in [3.8, 4) is 23.0 Å². The second-order valence-electron chi connectivity index (χ2n) is 20.8. The molecule has 0 fully saturated rings. The maximum Gasteiger partial charge on any atom is 0.341 e. The summed E-state index contributed by atoms with van der Waals surface area (Å²) in [4.78, 5) is 136. The number of primary amides is 2. The van der Waals surface area contributed by atoms with Gasteiger partial charge in [0.2, 0.25) is 35.4 Å². The van der Waals surface area contributed by atoms with Gasteiger partial charge < -0.3 is 100 Å². The van der Waals surface area contributed by atoms with Gasteiger partial charge in [-0.2, -0.15) is 0 Å². The minimum atomic E-state index is -0.785. The molecule has 4 atom stereocenters. The molecule has 31 heteroatoms. The molecule has 0 radical (unpaired) electrons. The van der Waals surface area contributed by atoms with E-state index in [0.717, 1.165) is 19.3 Å². The number of esters is 3. The van der Waals surface area contributed by atoms with Gasteiger partial charge in [0, 0.05) is 98.9 Å². The third kappa shape index (κ3) is 32.7. The molecule has 0 aliphatic rings. The number of benzene rings is 4. The summed E-state index contributed by atoms with van der Waals surface area (Å²) in [6, 6.07) is 14.0. The molecule has 0 saturated heterocycles. The van der Waals surface area contributed by atoms with E-state index in [1.54, 1.807) is 13.0 Å². The Balaban J connectivity index is 0.000000620. The number of carbonyl (C=O) groups excluding carboxylic acids is 12. The number of phenolic OH excluding ortho intramolecular Hbond substituents is 4. The minimum Gasteiger partial charge on any atom is -0.507 e. The van der Waals surface area contributed by atoms with Crippen molar-refractivity contribution in [1.29, 1.82) is 0 Å². The highest BCUT2D eigenvalue weighted by Crippen LogP contribution is 2.27. The van der Waals surface area contributed by atoms with E-state index in [-0.39, 0.29) is 92.4 Å². The molecular weight excluding hydrogens is 1220 g/mol. The van der Waals surface area contributed by atoms with Crippen LogP contribution in [0.3, 0.4) is 0 Å². The average molecular weight is 1310 g/mol. The number of unbranched alkanes of at least 4 members (excludes halogenated alkanes) is 2. The number of methoxy groups -OCH3 is 3. The topological polar surface area (TPSA) is 514 Å². The number of nitrogens with two attached hydrogens (primary N) is 4. The molecule has 93 heavy (non-hydrogen) atoms. The first-order valence-electron chi connectivity index (χ1n) is 29.2. The maximum atomic E-state index is 12.1. The summed E-state index contributed by atoms with van der Waals surface area (Å²) in [6.45, 7) is 9.77. The van der Waals surface area contributed by atoms with Crippen molar-refractivity contribution < 1.29 is 92.2 Å². The van der Waals surface area contributed by atoms with E-state index in [1.165, 1.54) is 109 Å². The van der Waals surface area contributed by atoms with Gasteiger partial charge in [0.15, 0.2) is 5.78 Å². The van der Waals surface area contributed by atoms with Gasteiger partial charge in [0.05, 0.1) is 39.0 Å². The Kier molecular flexibility index (Phi) is 37.4. The van der Waals surface area contributed by atoms with Crippen LogP contribution in [0.2, 0.25) is 0 Å². The van der Waals surface area contributed by atoms with Gasteiger partial charge in [-0.25, -0.2) is 24.0 Å². The van der Waals surface area contributed by atoms with E-state index in [2.05, 4.69) is 56.7 Å². The number of nitrogens with one attached hydrogen (secondary N) is 8. The number of ketones is 1. The summed E-state index contributed by atoms with van der Waals surface area (Å²) in [6.07, 6.45) is 6.29. The monoisotopic (exact) mass is 1300 g/mol. The average Bonchev–Trinajstić information content (AvgIpc) is 3.72. The second kappa shape index (κ2) is 43.2. The van der Waals surface area contributed by atoms with E-state index in [1.807, 2.05) is 6.92 Å². The highest BCUT2D eigenvalue weighted by Gasteiger charge is 2.20. The molecule has 0 unspecified atom stereocenters. The number of phenols is 4. The number of hydrogen-bond acceptors (Lipinski definition) is 21. The minimum absolute atomic E-state index is 0.00711. The lowest BCUT2D eigenvalue weighted by atomic mass is 10.0. The van der Waals surface area contributed by atoms with Crippen molar-refractivity contribution in [3.05, 3.63) is 95.1 Å². The first-order chi connectivity index (χ1) is 43.8. The van der Waals surface area contributed by atoms with Gasteiger partial charge in [-0.1, -0.05) is 20.3 Å². The number of aromatic hydroxyl groups is 4. The number of carbonyl (C=O) groups is 12. The van der Waals surface area contributed by atoms with Crippen LogP contribution in [0.15, 0.2) is 72.8 Å². The van der Waals surface area contributed by atoms with Gasteiger partial charge in [-0.15, -0.1) is 0 Å². The van der Waals surface area contributed by atoms with Crippen LogP contribution in [0, 0.1) is 11.8 Å². The maximum absolute atomic E-state index is 12.1. The molecular formula is C62H88N12O19. The van der Waals surface area contributed by atoms with Crippen molar-refractivity contribution in [3.63, 3.8) is 0 Å². The largest absolute Gasteiger partial charge is 0.507 e. The van der Waals surface area contributed by atoms with Crippen LogP contribution in [0.5, 0.6) is 23.0 Å². The Hall–Kier alpha value is -10.6. The number of urea groups is 2. The number of hydrogen-bond donors (Lipinski definition) is 16. The van der Waals surface area contributed by atoms with Crippen LogP contribution in [0.25, 0.3) is 0 Å². The van der Waals surface area contributed by atoms with Gasteiger partial charge in [0.25, 0.3) is 0 Å². The van der Waals surface area contributed by atoms with Crippen molar-refractivity contribution in [2.45, 2.75) is 111 Å². The first kappa shape index (κ1) is 80.5. The highest BCUT2D eigenvalue weighted by molar-refractivity contribution is 6.00. The van der Waals surface area contributed by atoms with E-state index in [0.29, 0.717) is 93.9 Å². The lowest BCUT2D eigenvalue weighted by Crippen LogP contribution is -2.37. The summed E-state index contributed by atoms with van der Waals surface area (Å²) >= 11 is 0. The van der Waals surface area contributed by atoms with E-state index < -0.39 is 48.0 Å². The summed E-state index contributed by atoms with van der Waals surface area (Å²) < 4.78 is 13.5. The van der Waals surface area contributed by atoms with Gasteiger partial charge in [-0.05, 0) is 113 Å². The lowest BCUT2D eigenvalue weighted by Gasteiger charge is -2.13. The third-order valence-corrected chi connectivity index (χ3v) is 13.1. The van der Waals surface area contributed by atoms with Crippen molar-refractivity contribution in [2.24, 2.45) is 34.8 Å². The van der Waals surface area contributed by atoms with E-state index >= 15 is 0 Å². The smallest absolute Gasteiger partial charge is 0.341 e. The van der Waals surface area contributed by atoms with Crippen molar-refractivity contribution in [1.82, 2.24) is 21.3 Å². The second-order valence-corrected chi connectivity index (χ2v) is 20.8. The Morgan fingerprint density at radius 3 is 0.946 bits per heavy atom. The Morgan fingerprint density at radius 1 is 0.387 bits per heavy atom. The fourth-order valence-corrected chi connectivity index (χ4v) is 7.86. The van der Waals surface area contributed by atoms with Crippen LogP contribution < -0.4 is 65.5 Å². The summed E-state index contributed by atoms with van der Waals surface area (Å²) in [7, 11) is 3.62. The molecule has 0 spiro atoms. The molecule has 0 aliphatic carbocycles. The van der Waals surface area contributed by atoms with Crippen LogP contribution >= 0.6 is 0 Å². The van der Waals surface area contributed by atoms with Gasteiger partial charge in [-0.3, -0.25) is 33.6 Å². The fraction of sp³-hybridized carbons (Fsp3) is 0.419. The zero-order chi connectivity index (χ0) is 70.3. The summed E-state index contributed by atoms with van der Waals surface area (Å²) in [5.74, 6) is -5.05. The van der Waals surface area contributed by atoms with Crippen molar-refractivity contribution >= 4 is 93.9 Å². The number of anilines is 4. The highest BCUT2D eigenvalue weighted by atomic mass is 16.5. The molecule has 20 N–H and O–H groups in total. The number of Topliss-reactive ketones (excluding diaryl/α,β-unsaturated/α-hetero) is 1. The molecule has 0 heterocycles. The predicted octanol–water partition coefficient (Wildman–Crippen LogP) is 4.32. The zero-order valence-corrected chi connectivity index (χ0v) is 53.4. The molecule has 0 aromatic heterocycles. The molecule has 4 aromatic rings. The molecule has 0 saturated carbocycles. The first-order valence-corrected chi connectivity index (χ1v) is 29.2. The van der Waals surface area contributed by atoms with Crippen LogP contribution in [0.4, 0.5) is 32.3 Å². The SMILES string of the molecule is CC(=O)NCCCC[C@H](C)C(=O)Nc1ccc(C(C)=O)c(O)c1.COC(=O)c1ccc(NC(=O)[C@@H](C)CCCNC(N)=O)cc1O.COC(=O)c1ccc(NC(=O)[C@@H](N)CCCCNC(C)=O)cc1O.COC(=O)c1ccc(NC(=O)[C@@H](N)CCCNC(N)=O)cc1O. The Morgan fingerprint density at radius 2 is 0.656 bits per heavy atom. The molecule has 31 nitrogen and oxygen atoms in total. The van der Waals surface area contributed by atoms with Crippen LogP contribution in [-0.2, 0) is 43.0 Å². The third-order valence-electron chi connectivity index (χ3n) is 13.1. The number of ether oxygens (including phenoxy) is 3. The summed E-state index contributed by atoms with van der Waals surface area (Å²) in [5.41, 5.74) is 23.1. The van der Waals surface area contributed by atoms with Crippen LogP contribution in [0.1, 0.15) is 140 Å². The Bertz CT molecular complexity index is 3100. The molecule has 0 aliphatic heterocycles. The lowest BCUT2D eigenvalue weighted by molar-refractivity contribution is -0.120. The molecule has 510 valence electrons. The summed E-state index contributed by atoms with van der Waals surface area (Å²) in [5, 5.41) is 59.7. The molecule has 4 aromatic carbocycles. The fourth-order valence-electron chi connectivity index (χ4n) is 7.86. The number of amides is 10. The zero-order valence-electron chi connectivity index (χ0n) is 53.4. The van der Waals surface area contributed by atoms with Crippen LogP contribution in [-0.4, -0.2) is 151 Å². The van der Waals surface area contributed by atoms with Crippen molar-refractivity contribution in [2.75, 3.05) is 68.8 Å². The van der Waals surface area contributed by atoms with E-state index in [9.17, 15) is 78.0 Å². The normalized spacial score (nSPS) is 11.5. The quantitative estimate of drug-likeness (QED) is 0.0150. The Labute approximate surface area is 538 Å². The number of rotatable bonds is 30. The molecule has 4 rings (SSSR count). The van der Waals surface area contributed by atoms with E-state index in [4.69, 9.17) is 22.9 Å². The standard InChI is InChI=1S/C17H24N2O4.C16H23N3O5.C15H21N3O5.C14H20N4O5/c1-11(6-4-5-9-18-13(3)21)17(23)19-14-7-8-15(12(2)20)16(22)10-14;1-10(20)18-8-4-3-5-13(17)15(22)19-11-6-7-12(14(21)9-11)16(23)24-2;1-9(4-3-7-17-15(16)22)13(20)18-10-5-6-11(12(19)8-10)14(21)23-2;1-23-13(21)9-5-4-8(7-11(9)19)18-12(20)10(15)3-2-6-17-14(16)22/h7-8,10-11,22H,4-6,9H2,1-3H3,(H,18,21)(H,19,23);6-7,9,13,21H,3-5,8,17H2,1-2H3,(H,18,20)(H,19,22);5-6,8-9,19H,3-4,7H2,1-2H3,(H,18,20)(H3,16,17,22);4-5,7,10,19H,2-3,6,15H2,1H3,(H,18,20)(H3,16,17,22)/t11-;13-;9-;10-/m0000/s1.